The molecule has 6 heteroatoms. The van der Waals surface area contributed by atoms with E-state index in [0.29, 0.717) is 19.4 Å². The minimum absolute atomic E-state index is 0.0699. The fraction of sp³-hybridized carbons (Fsp3) is 0.571. The fourth-order valence-electron chi connectivity index (χ4n) is 2.70. The van der Waals surface area contributed by atoms with Crippen LogP contribution in [0, 0.1) is 11.8 Å². The van der Waals surface area contributed by atoms with Crippen molar-refractivity contribution in [3.63, 3.8) is 0 Å². The van der Waals surface area contributed by atoms with E-state index in [-0.39, 0.29) is 17.7 Å². The number of nitrogens with zero attached hydrogens (tertiary/aromatic N) is 1. The molecule has 0 aromatic carbocycles. The molecule has 1 N–H and O–H groups in total. The summed E-state index contributed by atoms with van der Waals surface area (Å²) in [6, 6.07) is 3.97. The Morgan fingerprint density at radius 1 is 1.40 bits per heavy atom. The number of halogens is 1. The van der Waals surface area contributed by atoms with Gasteiger partial charge in [0.2, 0.25) is 5.91 Å². The molecule has 1 aromatic rings. The Morgan fingerprint density at radius 2 is 2.10 bits per heavy atom. The van der Waals surface area contributed by atoms with Gasteiger partial charge in [-0.05, 0) is 47.3 Å². The molecule has 1 aliphatic carbocycles. The van der Waals surface area contributed by atoms with Crippen molar-refractivity contribution in [3.05, 3.63) is 20.8 Å². The number of amides is 1. The van der Waals surface area contributed by atoms with Gasteiger partial charge in [-0.3, -0.25) is 9.59 Å². The van der Waals surface area contributed by atoms with E-state index in [1.54, 1.807) is 23.3 Å². The lowest BCUT2D eigenvalue weighted by Gasteiger charge is -2.29. The van der Waals surface area contributed by atoms with E-state index in [0.717, 1.165) is 21.5 Å². The number of carboxylic acids is 1. The number of carbonyl (C=O) groups excluding carboxylic acids is 1. The van der Waals surface area contributed by atoms with Crippen LogP contribution >= 0.6 is 27.3 Å². The van der Waals surface area contributed by atoms with Gasteiger partial charge in [-0.25, -0.2) is 0 Å². The average molecular weight is 360 g/mol. The van der Waals surface area contributed by atoms with Crippen LogP contribution in [0.3, 0.4) is 0 Å². The van der Waals surface area contributed by atoms with Gasteiger partial charge in [0.05, 0.1) is 16.2 Å². The maximum Gasteiger partial charge on any atom is 0.306 e. The number of aliphatic carboxylic acids is 1. The molecule has 1 aromatic heterocycles. The van der Waals surface area contributed by atoms with Crippen LogP contribution < -0.4 is 0 Å². The normalized spacial score (nSPS) is 22.5. The van der Waals surface area contributed by atoms with Crippen LogP contribution in [-0.2, 0) is 16.1 Å². The van der Waals surface area contributed by atoms with Crippen molar-refractivity contribution in [1.82, 2.24) is 4.90 Å². The van der Waals surface area contributed by atoms with E-state index < -0.39 is 5.97 Å². The molecule has 110 valence electrons. The maximum atomic E-state index is 12.4. The molecule has 1 amide bonds. The van der Waals surface area contributed by atoms with Gasteiger partial charge in [0.15, 0.2) is 0 Å². The third-order valence-corrected chi connectivity index (χ3v) is 5.38. The van der Waals surface area contributed by atoms with E-state index in [4.69, 9.17) is 5.11 Å². The molecule has 0 bridgehead atoms. The molecular formula is C14H18BrNO3S. The zero-order chi connectivity index (χ0) is 14.7. The molecule has 1 fully saturated rings. The molecule has 2 rings (SSSR count). The maximum absolute atomic E-state index is 12.4. The highest BCUT2D eigenvalue weighted by atomic mass is 79.9. The van der Waals surface area contributed by atoms with Crippen molar-refractivity contribution in [2.45, 2.75) is 32.2 Å². The lowest BCUT2D eigenvalue weighted by molar-refractivity contribution is -0.145. The molecule has 2 atom stereocenters. The van der Waals surface area contributed by atoms with Gasteiger partial charge in [-0.2, -0.15) is 0 Å². The Labute approximate surface area is 130 Å². The van der Waals surface area contributed by atoms with Crippen LogP contribution in [0.25, 0.3) is 0 Å². The summed E-state index contributed by atoms with van der Waals surface area (Å²) in [5.74, 6) is -1.20. The first-order valence-corrected chi connectivity index (χ1v) is 8.30. The van der Waals surface area contributed by atoms with Crippen LogP contribution in [0.4, 0.5) is 0 Å². The second-order valence-corrected chi connectivity index (χ2v) is 7.85. The lowest BCUT2D eigenvalue weighted by atomic mass is 9.81. The molecule has 2 unspecified atom stereocenters. The summed E-state index contributed by atoms with van der Waals surface area (Å²) in [6.07, 6.45) is 2.81. The predicted octanol–water partition coefficient (Wildman–Crippen LogP) is 3.36. The van der Waals surface area contributed by atoms with E-state index in [1.165, 1.54) is 0 Å². The highest BCUT2D eigenvalue weighted by Crippen LogP contribution is 2.31. The van der Waals surface area contributed by atoms with E-state index in [9.17, 15) is 9.59 Å². The molecule has 1 heterocycles. The molecule has 1 aliphatic rings. The molecule has 0 radical (unpaired) electrons. The van der Waals surface area contributed by atoms with E-state index in [2.05, 4.69) is 15.9 Å². The van der Waals surface area contributed by atoms with Crippen molar-refractivity contribution in [2.75, 3.05) is 7.05 Å². The van der Waals surface area contributed by atoms with Crippen molar-refractivity contribution in [3.8, 4) is 0 Å². The van der Waals surface area contributed by atoms with Gasteiger partial charge >= 0.3 is 5.97 Å². The van der Waals surface area contributed by atoms with Crippen molar-refractivity contribution >= 4 is 39.1 Å². The molecule has 0 spiro atoms. The number of carbonyl (C=O) groups is 2. The third kappa shape index (κ3) is 3.82. The van der Waals surface area contributed by atoms with Crippen LogP contribution in [0.15, 0.2) is 15.9 Å². The minimum Gasteiger partial charge on any atom is -0.481 e. The zero-order valence-corrected chi connectivity index (χ0v) is 13.7. The standard InChI is InChI=1S/C14H18BrNO3S/c1-16(8-11-5-6-12(15)20-11)13(17)9-3-2-4-10(7-9)14(18)19/h5-6,9-10H,2-4,7-8H2,1H3,(H,18,19). The number of thiophene rings is 1. The zero-order valence-electron chi connectivity index (χ0n) is 11.3. The second-order valence-electron chi connectivity index (χ2n) is 5.30. The highest BCUT2D eigenvalue weighted by molar-refractivity contribution is 9.11. The third-order valence-electron chi connectivity index (χ3n) is 3.77. The summed E-state index contributed by atoms with van der Waals surface area (Å²) >= 11 is 5.02. The van der Waals surface area contributed by atoms with Crippen molar-refractivity contribution < 1.29 is 14.7 Å². The van der Waals surface area contributed by atoms with Gasteiger partial charge in [0.25, 0.3) is 0 Å². The summed E-state index contributed by atoms with van der Waals surface area (Å²) < 4.78 is 1.05. The monoisotopic (exact) mass is 359 g/mol. The Hall–Kier alpha value is -0.880. The number of carboxylic acid groups (broad SMARTS) is 1. The Kier molecular flexibility index (Phi) is 5.21. The smallest absolute Gasteiger partial charge is 0.306 e. The van der Waals surface area contributed by atoms with Crippen molar-refractivity contribution in [2.24, 2.45) is 11.8 Å². The first kappa shape index (κ1) is 15.5. The van der Waals surface area contributed by atoms with Crippen LogP contribution in [0.2, 0.25) is 0 Å². The van der Waals surface area contributed by atoms with Crippen LogP contribution in [0.5, 0.6) is 0 Å². The SMILES string of the molecule is CN(Cc1ccc(Br)s1)C(=O)C1CCCC(C(=O)O)C1. The Balaban J connectivity index is 1.94. The largest absolute Gasteiger partial charge is 0.481 e. The Bertz CT molecular complexity index is 502. The summed E-state index contributed by atoms with van der Waals surface area (Å²) in [5, 5.41) is 9.09. The summed E-state index contributed by atoms with van der Waals surface area (Å²) in [7, 11) is 1.79. The average Bonchev–Trinajstić information content (AvgIpc) is 2.83. The minimum atomic E-state index is -0.771. The Morgan fingerprint density at radius 3 is 2.70 bits per heavy atom. The van der Waals surface area contributed by atoms with Gasteiger partial charge in [-0.15, -0.1) is 11.3 Å². The summed E-state index contributed by atoms with van der Waals surface area (Å²) in [6.45, 7) is 0.587. The molecule has 20 heavy (non-hydrogen) atoms. The van der Waals surface area contributed by atoms with Gasteiger partial charge in [0.1, 0.15) is 0 Å². The number of hydrogen-bond acceptors (Lipinski definition) is 3. The lowest BCUT2D eigenvalue weighted by Crippen LogP contribution is -2.36. The summed E-state index contributed by atoms with van der Waals surface area (Å²) in [4.78, 5) is 26.3. The van der Waals surface area contributed by atoms with Gasteiger partial charge in [0, 0.05) is 17.8 Å². The van der Waals surface area contributed by atoms with E-state index in [1.807, 2.05) is 12.1 Å². The first-order chi connectivity index (χ1) is 9.47. The van der Waals surface area contributed by atoms with Gasteiger partial charge < -0.3 is 10.0 Å². The number of rotatable bonds is 4. The first-order valence-electron chi connectivity index (χ1n) is 6.69. The topological polar surface area (TPSA) is 57.6 Å². The fourth-order valence-corrected chi connectivity index (χ4v) is 4.24. The van der Waals surface area contributed by atoms with Gasteiger partial charge in [-0.1, -0.05) is 6.42 Å². The highest BCUT2D eigenvalue weighted by Gasteiger charge is 2.32. The van der Waals surface area contributed by atoms with Crippen LogP contribution in [-0.4, -0.2) is 28.9 Å². The molecule has 1 saturated carbocycles. The quantitative estimate of drug-likeness (QED) is 0.896. The molecule has 0 aliphatic heterocycles. The van der Waals surface area contributed by atoms with Crippen molar-refractivity contribution in [1.29, 1.82) is 0 Å². The predicted molar refractivity (Wildman–Crippen MR) is 81.6 cm³/mol. The molecular weight excluding hydrogens is 342 g/mol. The molecule has 0 saturated heterocycles. The second kappa shape index (κ2) is 6.72. The number of hydrogen-bond donors (Lipinski definition) is 1. The van der Waals surface area contributed by atoms with Crippen LogP contribution in [0.1, 0.15) is 30.6 Å². The summed E-state index contributed by atoms with van der Waals surface area (Å²) in [5.41, 5.74) is 0. The molecule has 4 nitrogen and oxygen atoms in total. The van der Waals surface area contributed by atoms with E-state index >= 15 is 0 Å².